The van der Waals surface area contributed by atoms with Gasteiger partial charge >= 0.3 is 0 Å². The SMILES string of the molecule is CCc1ccccc1S(=O)(=O)N1C[C@@H](N)[C@H](c2ccccc2)C1. The number of nitrogens with two attached hydrogens (primary N) is 1. The first-order valence-electron chi connectivity index (χ1n) is 7.92. The first-order chi connectivity index (χ1) is 11.0. The lowest BCUT2D eigenvalue weighted by atomic mass is 9.95. The number of benzene rings is 2. The second kappa shape index (κ2) is 6.43. The average molecular weight is 330 g/mol. The summed E-state index contributed by atoms with van der Waals surface area (Å²) in [5, 5.41) is 0. The van der Waals surface area contributed by atoms with E-state index in [9.17, 15) is 8.42 Å². The van der Waals surface area contributed by atoms with E-state index in [-0.39, 0.29) is 12.0 Å². The molecule has 0 radical (unpaired) electrons. The summed E-state index contributed by atoms with van der Waals surface area (Å²) in [6.07, 6.45) is 0.692. The molecule has 0 spiro atoms. The van der Waals surface area contributed by atoms with E-state index in [0.29, 0.717) is 24.4 Å². The summed E-state index contributed by atoms with van der Waals surface area (Å²) in [5.41, 5.74) is 8.19. The van der Waals surface area contributed by atoms with E-state index in [1.165, 1.54) is 4.31 Å². The lowest BCUT2D eigenvalue weighted by molar-refractivity contribution is 0.469. The van der Waals surface area contributed by atoms with Crippen molar-refractivity contribution in [2.24, 2.45) is 5.73 Å². The number of sulfonamides is 1. The molecule has 3 rings (SSSR count). The van der Waals surface area contributed by atoms with Crippen molar-refractivity contribution in [1.29, 1.82) is 0 Å². The van der Waals surface area contributed by atoms with Crippen molar-refractivity contribution in [3.05, 3.63) is 65.7 Å². The molecule has 2 atom stereocenters. The van der Waals surface area contributed by atoms with E-state index in [4.69, 9.17) is 5.73 Å². The summed E-state index contributed by atoms with van der Waals surface area (Å²) in [7, 11) is -3.50. The van der Waals surface area contributed by atoms with Crippen LogP contribution in [0.2, 0.25) is 0 Å². The minimum atomic E-state index is -3.50. The van der Waals surface area contributed by atoms with Crippen molar-refractivity contribution in [1.82, 2.24) is 4.31 Å². The van der Waals surface area contributed by atoms with E-state index in [1.54, 1.807) is 12.1 Å². The van der Waals surface area contributed by atoms with Gasteiger partial charge in [-0.3, -0.25) is 0 Å². The highest BCUT2D eigenvalue weighted by Gasteiger charge is 2.38. The van der Waals surface area contributed by atoms with Gasteiger partial charge in [0.05, 0.1) is 4.90 Å². The summed E-state index contributed by atoms with van der Waals surface area (Å²) < 4.78 is 27.5. The summed E-state index contributed by atoms with van der Waals surface area (Å²) in [4.78, 5) is 0.406. The van der Waals surface area contributed by atoms with Crippen molar-refractivity contribution in [2.45, 2.75) is 30.2 Å². The zero-order valence-electron chi connectivity index (χ0n) is 13.2. The molecule has 0 aliphatic carbocycles. The van der Waals surface area contributed by atoms with Gasteiger partial charge in [0.25, 0.3) is 0 Å². The molecule has 1 fully saturated rings. The number of rotatable bonds is 4. The van der Waals surface area contributed by atoms with Gasteiger partial charge in [-0.25, -0.2) is 8.42 Å². The van der Waals surface area contributed by atoms with Crippen molar-refractivity contribution in [2.75, 3.05) is 13.1 Å². The second-order valence-electron chi connectivity index (χ2n) is 5.96. The van der Waals surface area contributed by atoms with Crippen LogP contribution in [0, 0.1) is 0 Å². The molecule has 122 valence electrons. The Balaban J connectivity index is 1.91. The summed E-state index contributed by atoms with van der Waals surface area (Å²) >= 11 is 0. The van der Waals surface area contributed by atoms with Crippen LogP contribution in [0.25, 0.3) is 0 Å². The number of hydrogen-bond acceptors (Lipinski definition) is 3. The molecule has 1 aliphatic rings. The molecule has 1 aliphatic heterocycles. The largest absolute Gasteiger partial charge is 0.326 e. The first-order valence-corrected chi connectivity index (χ1v) is 9.36. The average Bonchev–Trinajstić information content (AvgIpc) is 2.98. The summed E-state index contributed by atoms with van der Waals surface area (Å²) in [5.74, 6) is 0.0414. The molecule has 0 bridgehead atoms. The monoisotopic (exact) mass is 330 g/mol. The van der Waals surface area contributed by atoms with E-state index in [0.717, 1.165) is 11.1 Å². The Hall–Kier alpha value is -1.69. The molecule has 2 aromatic rings. The molecule has 0 amide bonds. The van der Waals surface area contributed by atoms with Crippen LogP contribution >= 0.6 is 0 Å². The highest BCUT2D eigenvalue weighted by atomic mass is 32.2. The maximum atomic E-state index is 13.0. The molecule has 1 saturated heterocycles. The Kier molecular flexibility index (Phi) is 4.53. The maximum Gasteiger partial charge on any atom is 0.243 e. The molecule has 1 heterocycles. The standard InChI is InChI=1S/C18H22N2O2S/c1-2-14-8-6-7-11-18(14)23(21,22)20-12-16(17(19)13-20)15-9-4-3-5-10-15/h3-11,16-17H,2,12-13,19H2,1H3/t16-,17+/m0/s1. The number of aryl methyl sites for hydroxylation is 1. The Labute approximate surface area is 138 Å². The zero-order chi connectivity index (χ0) is 16.4. The van der Waals surface area contributed by atoms with Crippen LogP contribution in [0.15, 0.2) is 59.5 Å². The fourth-order valence-electron chi connectivity index (χ4n) is 3.23. The molecule has 23 heavy (non-hydrogen) atoms. The van der Waals surface area contributed by atoms with Crippen LogP contribution in [0.1, 0.15) is 24.0 Å². The lowest BCUT2D eigenvalue weighted by Gasteiger charge is -2.18. The molecule has 4 nitrogen and oxygen atoms in total. The third-order valence-corrected chi connectivity index (χ3v) is 6.46. The minimum absolute atomic E-state index is 0.0414. The number of nitrogens with zero attached hydrogens (tertiary/aromatic N) is 1. The molecule has 2 N–H and O–H groups in total. The molecular weight excluding hydrogens is 308 g/mol. The van der Waals surface area contributed by atoms with E-state index >= 15 is 0 Å². The quantitative estimate of drug-likeness (QED) is 0.936. The van der Waals surface area contributed by atoms with Gasteiger partial charge < -0.3 is 5.73 Å². The summed E-state index contributed by atoms with van der Waals surface area (Å²) in [6.45, 7) is 2.77. The second-order valence-corrected chi connectivity index (χ2v) is 7.87. The highest BCUT2D eigenvalue weighted by molar-refractivity contribution is 7.89. The van der Waals surface area contributed by atoms with E-state index < -0.39 is 10.0 Å². The Morgan fingerprint density at radius 3 is 2.39 bits per heavy atom. The van der Waals surface area contributed by atoms with Crippen LogP contribution in [-0.2, 0) is 16.4 Å². The van der Waals surface area contributed by atoms with Crippen molar-refractivity contribution < 1.29 is 8.42 Å². The van der Waals surface area contributed by atoms with Crippen LogP contribution in [-0.4, -0.2) is 31.9 Å². The molecule has 0 saturated carbocycles. The Morgan fingerprint density at radius 2 is 1.70 bits per heavy atom. The van der Waals surface area contributed by atoms with Gasteiger partial charge in [-0.2, -0.15) is 4.31 Å². The molecule has 0 aromatic heterocycles. The van der Waals surface area contributed by atoms with E-state index in [2.05, 4.69) is 0 Å². The van der Waals surface area contributed by atoms with Crippen molar-refractivity contribution in [3.63, 3.8) is 0 Å². The van der Waals surface area contributed by atoms with E-state index in [1.807, 2.05) is 49.4 Å². The van der Waals surface area contributed by atoms with Crippen LogP contribution in [0.4, 0.5) is 0 Å². The predicted octanol–water partition coefficient (Wildman–Crippen LogP) is 2.36. The Morgan fingerprint density at radius 1 is 1.04 bits per heavy atom. The number of hydrogen-bond donors (Lipinski definition) is 1. The van der Waals surface area contributed by atoms with Gasteiger partial charge in [0.2, 0.25) is 10.0 Å². The third kappa shape index (κ3) is 3.04. The molecule has 0 unspecified atom stereocenters. The van der Waals surface area contributed by atoms with Gasteiger partial charge in [-0.1, -0.05) is 55.5 Å². The van der Waals surface area contributed by atoms with Gasteiger partial charge in [-0.15, -0.1) is 0 Å². The van der Waals surface area contributed by atoms with Gasteiger partial charge in [0.1, 0.15) is 0 Å². The van der Waals surface area contributed by atoms with Gasteiger partial charge in [0.15, 0.2) is 0 Å². The molecular formula is C18H22N2O2S. The topological polar surface area (TPSA) is 63.4 Å². The smallest absolute Gasteiger partial charge is 0.243 e. The van der Waals surface area contributed by atoms with Crippen molar-refractivity contribution >= 4 is 10.0 Å². The fraction of sp³-hybridized carbons (Fsp3) is 0.333. The summed E-state index contributed by atoms with van der Waals surface area (Å²) in [6, 6.07) is 16.9. The molecule has 5 heteroatoms. The normalized spacial score (nSPS) is 22.3. The Bertz CT molecular complexity index is 775. The maximum absolute atomic E-state index is 13.0. The molecule has 2 aromatic carbocycles. The van der Waals surface area contributed by atoms with Crippen molar-refractivity contribution in [3.8, 4) is 0 Å². The van der Waals surface area contributed by atoms with Crippen LogP contribution < -0.4 is 5.73 Å². The van der Waals surface area contributed by atoms with Crippen LogP contribution in [0.5, 0.6) is 0 Å². The minimum Gasteiger partial charge on any atom is -0.326 e. The zero-order valence-corrected chi connectivity index (χ0v) is 14.0. The fourth-order valence-corrected chi connectivity index (χ4v) is 5.03. The van der Waals surface area contributed by atoms with Gasteiger partial charge in [-0.05, 0) is 23.6 Å². The first kappa shape index (κ1) is 16.2. The highest BCUT2D eigenvalue weighted by Crippen LogP contribution is 2.31. The lowest BCUT2D eigenvalue weighted by Crippen LogP contribution is -2.32. The van der Waals surface area contributed by atoms with Gasteiger partial charge in [0, 0.05) is 25.0 Å². The van der Waals surface area contributed by atoms with Crippen LogP contribution in [0.3, 0.4) is 0 Å². The predicted molar refractivity (Wildman–Crippen MR) is 91.7 cm³/mol. The third-order valence-electron chi connectivity index (χ3n) is 4.53.